The molecule has 7 heteroatoms. The van der Waals surface area contributed by atoms with Crippen LogP contribution in [0, 0.1) is 0 Å². The Hall–Kier alpha value is -3.19. The van der Waals surface area contributed by atoms with Gasteiger partial charge in [-0.25, -0.2) is 4.79 Å². The lowest BCUT2D eigenvalue weighted by molar-refractivity contribution is 0.0599. The predicted molar refractivity (Wildman–Crippen MR) is 106 cm³/mol. The van der Waals surface area contributed by atoms with E-state index < -0.39 is 5.97 Å². The molecule has 0 atom stereocenters. The van der Waals surface area contributed by atoms with Crippen molar-refractivity contribution in [2.75, 3.05) is 45.7 Å². The summed E-state index contributed by atoms with van der Waals surface area (Å²) in [4.78, 5) is 40.6. The summed E-state index contributed by atoms with van der Waals surface area (Å²) in [6, 6.07) is 13.1. The summed E-state index contributed by atoms with van der Waals surface area (Å²) in [5.74, 6) is -0.845. The van der Waals surface area contributed by atoms with Gasteiger partial charge in [-0.1, -0.05) is 6.07 Å². The zero-order valence-electron chi connectivity index (χ0n) is 16.0. The van der Waals surface area contributed by atoms with Crippen LogP contribution in [0.5, 0.6) is 0 Å². The van der Waals surface area contributed by atoms with Gasteiger partial charge in [0.15, 0.2) is 0 Å². The van der Waals surface area contributed by atoms with E-state index in [1.165, 1.54) is 13.2 Å². The Labute approximate surface area is 163 Å². The van der Waals surface area contributed by atoms with Crippen LogP contribution in [-0.4, -0.2) is 67.9 Å². The van der Waals surface area contributed by atoms with Gasteiger partial charge in [-0.05, 0) is 49.5 Å². The van der Waals surface area contributed by atoms with E-state index in [4.69, 9.17) is 0 Å². The van der Waals surface area contributed by atoms with E-state index in [1.54, 1.807) is 42.5 Å². The van der Waals surface area contributed by atoms with Crippen molar-refractivity contribution in [1.29, 1.82) is 0 Å². The fourth-order valence-corrected chi connectivity index (χ4v) is 3.00. The molecule has 0 bridgehead atoms. The standard InChI is InChI=1S/C21H23N3O4/c1-23-10-12-24(13-11-23)20(26)15-6-8-18(9-7-15)22-19(25)16-4-3-5-17(14-16)21(27)28-2/h3-9,14H,10-13H2,1-2H3,(H,22,25). The number of amides is 2. The van der Waals surface area contributed by atoms with E-state index in [0.717, 1.165) is 13.1 Å². The second-order valence-electron chi connectivity index (χ2n) is 6.70. The SMILES string of the molecule is COC(=O)c1cccc(C(=O)Nc2ccc(C(=O)N3CCN(C)CC3)cc2)c1. The summed E-state index contributed by atoms with van der Waals surface area (Å²) in [5.41, 5.74) is 1.82. The molecule has 2 aromatic rings. The molecule has 1 heterocycles. The molecule has 0 unspecified atom stereocenters. The molecule has 7 nitrogen and oxygen atoms in total. The maximum atomic E-state index is 12.6. The summed E-state index contributed by atoms with van der Waals surface area (Å²) in [7, 11) is 3.33. The number of rotatable bonds is 4. The van der Waals surface area contributed by atoms with E-state index in [0.29, 0.717) is 35.5 Å². The van der Waals surface area contributed by atoms with Crippen LogP contribution in [0.4, 0.5) is 5.69 Å². The molecule has 1 N–H and O–H groups in total. The smallest absolute Gasteiger partial charge is 0.337 e. The lowest BCUT2D eigenvalue weighted by Gasteiger charge is -2.32. The summed E-state index contributed by atoms with van der Waals surface area (Å²) >= 11 is 0. The molecule has 3 rings (SSSR count). The Morgan fingerprint density at radius 2 is 1.54 bits per heavy atom. The van der Waals surface area contributed by atoms with Gasteiger partial charge in [0.05, 0.1) is 12.7 Å². The van der Waals surface area contributed by atoms with Crippen molar-refractivity contribution in [3.63, 3.8) is 0 Å². The number of hydrogen-bond acceptors (Lipinski definition) is 5. The number of methoxy groups -OCH3 is 1. The van der Waals surface area contributed by atoms with Crippen LogP contribution in [0.25, 0.3) is 0 Å². The predicted octanol–water partition coefficient (Wildman–Crippen LogP) is 2.11. The highest BCUT2D eigenvalue weighted by molar-refractivity contribution is 6.06. The average Bonchev–Trinajstić information content (AvgIpc) is 2.74. The van der Waals surface area contributed by atoms with Gasteiger partial charge >= 0.3 is 5.97 Å². The average molecular weight is 381 g/mol. The Kier molecular flexibility index (Phi) is 6.06. The van der Waals surface area contributed by atoms with Crippen LogP contribution in [0.3, 0.4) is 0 Å². The lowest BCUT2D eigenvalue weighted by Crippen LogP contribution is -2.47. The first-order valence-corrected chi connectivity index (χ1v) is 9.05. The van der Waals surface area contributed by atoms with Crippen molar-refractivity contribution < 1.29 is 19.1 Å². The third-order valence-corrected chi connectivity index (χ3v) is 4.73. The number of carbonyl (C=O) groups excluding carboxylic acids is 3. The van der Waals surface area contributed by atoms with E-state index in [-0.39, 0.29) is 11.8 Å². The van der Waals surface area contributed by atoms with E-state index in [2.05, 4.69) is 15.0 Å². The van der Waals surface area contributed by atoms with Crippen molar-refractivity contribution in [2.45, 2.75) is 0 Å². The summed E-state index contributed by atoms with van der Waals surface area (Å²) in [5, 5.41) is 2.77. The Balaban J connectivity index is 1.65. The molecule has 1 saturated heterocycles. The van der Waals surface area contributed by atoms with Gasteiger partial charge in [0.1, 0.15) is 0 Å². The fraction of sp³-hybridized carbons (Fsp3) is 0.286. The molecule has 2 aromatic carbocycles. The zero-order chi connectivity index (χ0) is 20.1. The van der Waals surface area contributed by atoms with Gasteiger partial charge in [-0.3, -0.25) is 9.59 Å². The Morgan fingerprint density at radius 3 is 2.18 bits per heavy atom. The third-order valence-electron chi connectivity index (χ3n) is 4.73. The molecule has 0 aliphatic carbocycles. The topological polar surface area (TPSA) is 78.9 Å². The molecular weight excluding hydrogens is 358 g/mol. The van der Waals surface area contributed by atoms with Gasteiger partial charge in [0.2, 0.25) is 0 Å². The van der Waals surface area contributed by atoms with Crippen molar-refractivity contribution in [3.05, 3.63) is 65.2 Å². The maximum absolute atomic E-state index is 12.6. The second-order valence-corrected chi connectivity index (χ2v) is 6.70. The number of benzene rings is 2. The number of hydrogen-bond donors (Lipinski definition) is 1. The van der Waals surface area contributed by atoms with Crippen LogP contribution < -0.4 is 5.32 Å². The summed E-state index contributed by atoms with van der Waals surface area (Å²) in [6.45, 7) is 3.16. The van der Waals surface area contributed by atoms with E-state index in [9.17, 15) is 14.4 Å². The first kappa shape index (κ1) is 19.6. The van der Waals surface area contributed by atoms with Crippen molar-refractivity contribution in [3.8, 4) is 0 Å². The number of carbonyl (C=O) groups is 3. The molecule has 2 amide bonds. The van der Waals surface area contributed by atoms with Gasteiger partial charge < -0.3 is 19.9 Å². The molecule has 0 radical (unpaired) electrons. The molecule has 1 aliphatic heterocycles. The van der Waals surface area contributed by atoms with Crippen molar-refractivity contribution >= 4 is 23.5 Å². The first-order chi connectivity index (χ1) is 13.5. The highest BCUT2D eigenvalue weighted by Gasteiger charge is 2.20. The zero-order valence-corrected chi connectivity index (χ0v) is 16.0. The number of nitrogens with zero attached hydrogens (tertiary/aromatic N) is 2. The molecule has 0 aromatic heterocycles. The largest absolute Gasteiger partial charge is 0.465 e. The normalized spacial score (nSPS) is 14.4. The quantitative estimate of drug-likeness (QED) is 0.821. The van der Waals surface area contributed by atoms with Gasteiger partial charge in [0, 0.05) is 43.0 Å². The van der Waals surface area contributed by atoms with Gasteiger partial charge in [-0.15, -0.1) is 0 Å². The summed E-state index contributed by atoms with van der Waals surface area (Å²) in [6.07, 6.45) is 0. The van der Waals surface area contributed by atoms with Crippen LogP contribution in [0.1, 0.15) is 31.1 Å². The lowest BCUT2D eigenvalue weighted by atomic mass is 10.1. The third kappa shape index (κ3) is 4.55. The van der Waals surface area contributed by atoms with Crippen LogP contribution in [0.15, 0.2) is 48.5 Å². The number of likely N-dealkylation sites (N-methyl/N-ethyl adjacent to an activating group) is 1. The summed E-state index contributed by atoms with van der Waals surface area (Å²) < 4.78 is 4.67. The Morgan fingerprint density at radius 1 is 0.893 bits per heavy atom. The fourth-order valence-electron chi connectivity index (χ4n) is 3.00. The monoisotopic (exact) mass is 381 g/mol. The van der Waals surface area contributed by atoms with Gasteiger partial charge in [-0.2, -0.15) is 0 Å². The van der Waals surface area contributed by atoms with Crippen LogP contribution in [-0.2, 0) is 4.74 Å². The number of ether oxygens (including phenoxy) is 1. The minimum absolute atomic E-state index is 0.00300. The van der Waals surface area contributed by atoms with E-state index in [1.807, 2.05) is 11.9 Å². The molecule has 1 aliphatic rings. The Bertz CT molecular complexity index is 871. The van der Waals surface area contributed by atoms with Crippen LogP contribution >= 0.6 is 0 Å². The minimum Gasteiger partial charge on any atom is -0.465 e. The first-order valence-electron chi connectivity index (χ1n) is 9.05. The molecule has 0 saturated carbocycles. The minimum atomic E-state index is -0.499. The molecule has 146 valence electrons. The van der Waals surface area contributed by atoms with Crippen molar-refractivity contribution in [2.24, 2.45) is 0 Å². The van der Waals surface area contributed by atoms with E-state index >= 15 is 0 Å². The second kappa shape index (κ2) is 8.67. The number of nitrogens with one attached hydrogen (secondary N) is 1. The maximum Gasteiger partial charge on any atom is 0.337 e. The molecule has 1 fully saturated rings. The van der Waals surface area contributed by atoms with Gasteiger partial charge in [0.25, 0.3) is 11.8 Å². The highest BCUT2D eigenvalue weighted by atomic mass is 16.5. The number of anilines is 1. The molecule has 0 spiro atoms. The molecular formula is C21H23N3O4. The number of piperazine rings is 1. The van der Waals surface area contributed by atoms with Crippen molar-refractivity contribution in [1.82, 2.24) is 9.80 Å². The highest BCUT2D eigenvalue weighted by Crippen LogP contribution is 2.15. The number of esters is 1. The van der Waals surface area contributed by atoms with Crippen LogP contribution in [0.2, 0.25) is 0 Å². The molecule has 28 heavy (non-hydrogen) atoms.